The Balaban J connectivity index is 3.01. The van der Waals surface area contributed by atoms with Gasteiger partial charge in [0.2, 0.25) is 0 Å². The Labute approximate surface area is 84.9 Å². The van der Waals surface area contributed by atoms with Crippen LogP contribution in [0.15, 0.2) is 18.2 Å². The standard InChI is InChI=1S/C12H16FO/c1-4-10-5-6-11(9(2)8-13)7-12(10)14-3/h5-7,9H,2,4,8H2,1,3H3. The predicted molar refractivity (Wildman–Crippen MR) is 56.4 cm³/mol. The molecule has 0 heterocycles. The number of ether oxygens (including phenoxy) is 1. The molecular formula is C12H16FO. The largest absolute Gasteiger partial charge is 0.496 e. The fourth-order valence-corrected chi connectivity index (χ4v) is 1.40. The summed E-state index contributed by atoms with van der Waals surface area (Å²) in [6.07, 6.45) is 0.918. The summed E-state index contributed by atoms with van der Waals surface area (Å²) < 4.78 is 17.6. The molecule has 0 spiro atoms. The zero-order valence-corrected chi connectivity index (χ0v) is 8.72. The Morgan fingerprint density at radius 3 is 2.71 bits per heavy atom. The number of methoxy groups -OCH3 is 1. The molecule has 1 radical (unpaired) electrons. The van der Waals surface area contributed by atoms with Crippen LogP contribution in [0.4, 0.5) is 4.39 Å². The lowest BCUT2D eigenvalue weighted by molar-refractivity contribution is 0.408. The Bertz CT molecular complexity index is 296. The van der Waals surface area contributed by atoms with Gasteiger partial charge in [-0.05, 0) is 30.5 Å². The average Bonchev–Trinajstić information content (AvgIpc) is 2.26. The molecule has 0 aliphatic rings. The van der Waals surface area contributed by atoms with Crippen LogP contribution in [0.3, 0.4) is 0 Å². The molecule has 0 aliphatic carbocycles. The van der Waals surface area contributed by atoms with Crippen molar-refractivity contribution in [1.29, 1.82) is 0 Å². The summed E-state index contributed by atoms with van der Waals surface area (Å²) in [4.78, 5) is 0. The summed E-state index contributed by atoms with van der Waals surface area (Å²) in [5, 5.41) is 0. The van der Waals surface area contributed by atoms with Gasteiger partial charge in [0, 0.05) is 5.92 Å². The molecule has 0 saturated carbocycles. The highest BCUT2D eigenvalue weighted by Crippen LogP contribution is 2.25. The van der Waals surface area contributed by atoms with Crippen molar-refractivity contribution in [2.75, 3.05) is 13.8 Å². The number of aryl methyl sites for hydroxylation is 1. The maximum absolute atomic E-state index is 12.4. The number of benzene rings is 1. The molecule has 1 nitrogen and oxygen atoms in total. The van der Waals surface area contributed by atoms with E-state index in [1.165, 1.54) is 0 Å². The summed E-state index contributed by atoms with van der Waals surface area (Å²) >= 11 is 0. The van der Waals surface area contributed by atoms with E-state index in [1.807, 2.05) is 18.2 Å². The molecule has 0 aliphatic heterocycles. The van der Waals surface area contributed by atoms with Crippen LogP contribution in [0.1, 0.15) is 24.0 Å². The zero-order valence-electron chi connectivity index (χ0n) is 8.72. The van der Waals surface area contributed by atoms with Crippen molar-refractivity contribution < 1.29 is 9.13 Å². The SMILES string of the molecule is [CH2]C(CF)c1ccc(CC)c(OC)c1. The quantitative estimate of drug-likeness (QED) is 0.717. The molecule has 1 rings (SSSR count). The van der Waals surface area contributed by atoms with E-state index in [4.69, 9.17) is 4.74 Å². The lowest BCUT2D eigenvalue weighted by Gasteiger charge is -2.12. The second kappa shape index (κ2) is 4.99. The van der Waals surface area contributed by atoms with E-state index in [-0.39, 0.29) is 5.92 Å². The summed E-state index contributed by atoms with van der Waals surface area (Å²) in [5.41, 5.74) is 2.03. The van der Waals surface area contributed by atoms with Gasteiger partial charge in [0.05, 0.1) is 13.8 Å². The van der Waals surface area contributed by atoms with Gasteiger partial charge in [-0.2, -0.15) is 0 Å². The maximum Gasteiger partial charge on any atom is 0.122 e. The van der Waals surface area contributed by atoms with Crippen molar-refractivity contribution in [2.24, 2.45) is 0 Å². The molecular weight excluding hydrogens is 179 g/mol. The van der Waals surface area contributed by atoms with Crippen molar-refractivity contribution in [3.63, 3.8) is 0 Å². The monoisotopic (exact) mass is 195 g/mol. The summed E-state index contributed by atoms with van der Waals surface area (Å²) in [7, 11) is 1.63. The third-order valence-corrected chi connectivity index (χ3v) is 2.35. The average molecular weight is 195 g/mol. The van der Waals surface area contributed by atoms with E-state index in [0.29, 0.717) is 0 Å². The van der Waals surface area contributed by atoms with Gasteiger partial charge in [-0.1, -0.05) is 19.1 Å². The highest BCUT2D eigenvalue weighted by atomic mass is 19.1. The topological polar surface area (TPSA) is 9.23 Å². The summed E-state index contributed by atoms with van der Waals surface area (Å²) in [5.74, 6) is 0.530. The van der Waals surface area contributed by atoms with Crippen molar-refractivity contribution in [2.45, 2.75) is 19.3 Å². The Morgan fingerprint density at radius 2 is 2.21 bits per heavy atom. The van der Waals surface area contributed by atoms with Crippen molar-refractivity contribution in [3.05, 3.63) is 36.2 Å². The minimum absolute atomic E-state index is 0.296. The summed E-state index contributed by atoms with van der Waals surface area (Å²) in [6, 6.07) is 5.76. The van der Waals surface area contributed by atoms with Gasteiger partial charge in [-0.15, -0.1) is 0 Å². The smallest absolute Gasteiger partial charge is 0.122 e. The van der Waals surface area contributed by atoms with Gasteiger partial charge in [0.25, 0.3) is 0 Å². The molecule has 1 aromatic carbocycles. The molecule has 1 atom stereocenters. The van der Waals surface area contributed by atoms with Gasteiger partial charge in [-0.3, -0.25) is 4.39 Å². The third-order valence-electron chi connectivity index (χ3n) is 2.35. The van der Waals surface area contributed by atoms with Crippen LogP contribution in [0.25, 0.3) is 0 Å². The van der Waals surface area contributed by atoms with E-state index in [0.717, 1.165) is 23.3 Å². The highest BCUT2D eigenvalue weighted by Gasteiger charge is 2.08. The van der Waals surface area contributed by atoms with Crippen LogP contribution in [0.2, 0.25) is 0 Å². The normalized spacial score (nSPS) is 12.6. The number of halogens is 1. The van der Waals surface area contributed by atoms with Gasteiger partial charge in [-0.25, -0.2) is 0 Å². The molecule has 2 heteroatoms. The molecule has 0 N–H and O–H groups in total. The molecule has 1 aromatic rings. The first-order chi connectivity index (χ1) is 6.72. The van der Waals surface area contributed by atoms with Crippen LogP contribution >= 0.6 is 0 Å². The molecule has 0 amide bonds. The highest BCUT2D eigenvalue weighted by molar-refractivity contribution is 5.39. The Kier molecular flexibility index (Phi) is 3.93. The van der Waals surface area contributed by atoms with Crippen molar-refractivity contribution >= 4 is 0 Å². The van der Waals surface area contributed by atoms with Crippen LogP contribution in [0.5, 0.6) is 5.75 Å². The maximum atomic E-state index is 12.4. The molecule has 77 valence electrons. The van der Waals surface area contributed by atoms with E-state index in [1.54, 1.807) is 7.11 Å². The molecule has 0 aromatic heterocycles. The van der Waals surface area contributed by atoms with Gasteiger partial charge in [0.15, 0.2) is 0 Å². The second-order valence-corrected chi connectivity index (χ2v) is 3.28. The minimum Gasteiger partial charge on any atom is -0.496 e. The molecule has 1 unspecified atom stereocenters. The van der Waals surface area contributed by atoms with Crippen LogP contribution < -0.4 is 4.74 Å². The molecule has 0 saturated heterocycles. The minimum atomic E-state index is -0.436. The Morgan fingerprint density at radius 1 is 1.50 bits per heavy atom. The number of rotatable bonds is 4. The van der Waals surface area contributed by atoms with Crippen LogP contribution in [0, 0.1) is 6.92 Å². The zero-order chi connectivity index (χ0) is 10.6. The van der Waals surface area contributed by atoms with E-state index in [9.17, 15) is 4.39 Å². The fourth-order valence-electron chi connectivity index (χ4n) is 1.40. The number of hydrogen-bond donors (Lipinski definition) is 0. The van der Waals surface area contributed by atoms with Gasteiger partial charge >= 0.3 is 0 Å². The third kappa shape index (κ3) is 2.25. The first-order valence-electron chi connectivity index (χ1n) is 4.78. The fraction of sp³-hybridized carbons (Fsp3) is 0.417. The first kappa shape index (κ1) is 11.0. The summed E-state index contributed by atoms with van der Waals surface area (Å²) in [6.45, 7) is 5.36. The van der Waals surface area contributed by atoms with Crippen molar-refractivity contribution in [1.82, 2.24) is 0 Å². The molecule has 0 bridgehead atoms. The van der Waals surface area contributed by atoms with Gasteiger partial charge in [0.1, 0.15) is 5.75 Å². The predicted octanol–water partition coefficient (Wildman–Crippen LogP) is 3.14. The lowest BCUT2D eigenvalue weighted by Crippen LogP contribution is -1.98. The van der Waals surface area contributed by atoms with E-state index < -0.39 is 6.67 Å². The van der Waals surface area contributed by atoms with E-state index >= 15 is 0 Å². The van der Waals surface area contributed by atoms with Crippen LogP contribution in [-0.2, 0) is 6.42 Å². The molecule has 14 heavy (non-hydrogen) atoms. The van der Waals surface area contributed by atoms with Crippen LogP contribution in [-0.4, -0.2) is 13.8 Å². The lowest BCUT2D eigenvalue weighted by atomic mass is 9.99. The van der Waals surface area contributed by atoms with E-state index in [2.05, 4.69) is 13.8 Å². The van der Waals surface area contributed by atoms with Gasteiger partial charge < -0.3 is 4.74 Å². The number of alkyl halides is 1. The molecule has 0 fully saturated rings. The Hall–Kier alpha value is -1.05. The number of hydrogen-bond acceptors (Lipinski definition) is 1. The van der Waals surface area contributed by atoms with Crippen molar-refractivity contribution in [3.8, 4) is 5.75 Å². The second-order valence-electron chi connectivity index (χ2n) is 3.28. The first-order valence-corrected chi connectivity index (χ1v) is 4.78.